The lowest BCUT2D eigenvalue weighted by molar-refractivity contribution is 0.0336. The van der Waals surface area contributed by atoms with Crippen molar-refractivity contribution in [1.29, 1.82) is 0 Å². The van der Waals surface area contributed by atoms with Crippen molar-refractivity contribution in [3.63, 3.8) is 0 Å². The van der Waals surface area contributed by atoms with Crippen molar-refractivity contribution in [2.45, 2.75) is 62.2 Å². The third-order valence-electron chi connectivity index (χ3n) is 5.21. The quantitative estimate of drug-likeness (QED) is 0.882. The zero-order valence-corrected chi connectivity index (χ0v) is 13.4. The molecular weight excluding hydrogens is 264 g/mol. The van der Waals surface area contributed by atoms with Gasteiger partial charge in [-0.25, -0.2) is 0 Å². The largest absolute Gasteiger partial charge is 0.393 e. The number of fused-ring (bicyclic) bond motifs is 1. The lowest BCUT2D eigenvalue weighted by Gasteiger charge is -2.36. The molecule has 110 valence electrons. The maximum absolute atomic E-state index is 10.3. The highest BCUT2D eigenvalue weighted by Crippen LogP contribution is 2.43. The molecule has 2 heteroatoms. The van der Waals surface area contributed by atoms with Crippen LogP contribution in [0.4, 0.5) is 0 Å². The van der Waals surface area contributed by atoms with E-state index in [-0.39, 0.29) is 6.10 Å². The first-order valence-corrected chi connectivity index (χ1v) is 8.94. The highest BCUT2D eigenvalue weighted by atomic mass is 32.2. The van der Waals surface area contributed by atoms with Crippen molar-refractivity contribution >= 4 is 11.8 Å². The number of hydrogen-bond acceptors (Lipinski definition) is 2. The molecule has 0 aromatic heterocycles. The van der Waals surface area contributed by atoms with Gasteiger partial charge in [0.2, 0.25) is 0 Å². The van der Waals surface area contributed by atoms with Crippen molar-refractivity contribution in [2.24, 2.45) is 17.8 Å². The fraction of sp³-hybridized carbons (Fsp3) is 0.667. The second-order valence-electron chi connectivity index (χ2n) is 6.93. The molecule has 1 N–H and O–H groups in total. The molecule has 0 saturated heterocycles. The van der Waals surface area contributed by atoms with Crippen LogP contribution >= 0.6 is 11.8 Å². The first kappa shape index (κ1) is 14.5. The minimum atomic E-state index is -0.0608. The van der Waals surface area contributed by atoms with Gasteiger partial charge in [0.15, 0.2) is 0 Å². The lowest BCUT2D eigenvalue weighted by Crippen LogP contribution is -2.33. The molecule has 0 bridgehead atoms. The van der Waals surface area contributed by atoms with Crippen molar-refractivity contribution < 1.29 is 5.11 Å². The van der Waals surface area contributed by atoms with E-state index in [0.717, 1.165) is 18.3 Å². The van der Waals surface area contributed by atoms with Crippen LogP contribution < -0.4 is 0 Å². The second-order valence-corrected chi connectivity index (χ2v) is 8.27. The van der Waals surface area contributed by atoms with Crippen LogP contribution in [-0.2, 0) is 6.42 Å². The van der Waals surface area contributed by atoms with Crippen LogP contribution in [0.15, 0.2) is 29.2 Å². The molecule has 20 heavy (non-hydrogen) atoms. The molecule has 1 fully saturated rings. The van der Waals surface area contributed by atoms with E-state index in [0.29, 0.717) is 11.2 Å². The topological polar surface area (TPSA) is 20.2 Å². The van der Waals surface area contributed by atoms with Crippen molar-refractivity contribution in [1.82, 2.24) is 0 Å². The van der Waals surface area contributed by atoms with Crippen LogP contribution in [0.1, 0.15) is 45.1 Å². The number of rotatable bonds is 3. The molecular formula is C18H26OS. The Morgan fingerprint density at radius 2 is 2.05 bits per heavy atom. The Labute approximate surface area is 127 Å². The monoisotopic (exact) mass is 290 g/mol. The first-order valence-electron chi connectivity index (χ1n) is 8.06. The molecule has 1 heterocycles. The standard InChI is InChI=1S/C18H26OS/c1-12(2)13-7-8-17(19)15(9-13)11-16-10-14-5-3-4-6-18(14)20-16/h3-6,12-13,15-17,19H,7-11H2,1-2H3. The summed E-state index contributed by atoms with van der Waals surface area (Å²) in [6.45, 7) is 4.67. The molecule has 0 amide bonds. The maximum atomic E-state index is 10.3. The van der Waals surface area contributed by atoms with E-state index in [1.54, 1.807) is 0 Å². The summed E-state index contributed by atoms with van der Waals surface area (Å²) in [5, 5.41) is 11.0. The van der Waals surface area contributed by atoms with Crippen LogP contribution in [0.2, 0.25) is 0 Å². The Bertz CT molecular complexity index is 431. The molecule has 1 saturated carbocycles. The van der Waals surface area contributed by atoms with Gasteiger partial charge in [-0.2, -0.15) is 0 Å². The number of benzene rings is 1. The summed E-state index contributed by atoms with van der Waals surface area (Å²) >= 11 is 2.03. The smallest absolute Gasteiger partial charge is 0.0569 e. The van der Waals surface area contributed by atoms with Crippen LogP contribution in [-0.4, -0.2) is 16.5 Å². The lowest BCUT2D eigenvalue weighted by atomic mass is 9.73. The first-order chi connectivity index (χ1) is 9.63. The Hall–Kier alpha value is -0.470. The van der Waals surface area contributed by atoms with E-state index < -0.39 is 0 Å². The van der Waals surface area contributed by atoms with Gasteiger partial charge in [0.25, 0.3) is 0 Å². The Kier molecular flexibility index (Phi) is 4.42. The van der Waals surface area contributed by atoms with Crippen LogP contribution in [0, 0.1) is 17.8 Å². The average Bonchev–Trinajstić information content (AvgIpc) is 2.83. The molecule has 1 aromatic rings. The van der Waals surface area contributed by atoms with Gasteiger partial charge in [0, 0.05) is 10.1 Å². The number of aliphatic hydroxyl groups excluding tert-OH is 1. The van der Waals surface area contributed by atoms with Crippen molar-refractivity contribution in [2.75, 3.05) is 0 Å². The number of thioether (sulfide) groups is 1. The summed E-state index contributed by atoms with van der Waals surface area (Å²) in [7, 11) is 0. The SMILES string of the molecule is CC(C)C1CCC(O)C(CC2Cc3ccccc3S2)C1. The van der Waals surface area contributed by atoms with Gasteiger partial charge in [-0.3, -0.25) is 0 Å². The van der Waals surface area contributed by atoms with Gasteiger partial charge >= 0.3 is 0 Å². The Morgan fingerprint density at radius 3 is 2.80 bits per heavy atom. The molecule has 1 aliphatic heterocycles. The zero-order valence-electron chi connectivity index (χ0n) is 12.6. The maximum Gasteiger partial charge on any atom is 0.0569 e. The van der Waals surface area contributed by atoms with E-state index in [2.05, 4.69) is 38.1 Å². The van der Waals surface area contributed by atoms with E-state index in [9.17, 15) is 5.11 Å². The summed E-state index contributed by atoms with van der Waals surface area (Å²) in [4.78, 5) is 1.46. The number of aliphatic hydroxyl groups is 1. The Balaban J connectivity index is 1.60. The van der Waals surface area contributed by atoms with E-state index in [4.69, 9.17) is 0 Å². The molecule has 1 nitrogen and oxygen atoms in total. The minimum Gasteiger partial charge on any atom is -0.393 e. The van der Waals surface area contributed by atoms with Crippen molar-refractivity contribution in [3.05, 3.63) is 29.8 Å². The van der Waals surface area contributed by atoms with Crippen LogP contribution in [0.5, 0.6) is 0 Å². The number of hydrogen-bond donors (Lipinski definition) is 1. The summed E-state index contributed by atoms with van der Waals surface area (Å²) in [5.74, 6) is 2.10. The molecule has 4 atom stereocenters. The summed E-state index contributed by atoms with van der Waals surface area (Å²) in [5.41, 5.74) is 1.51. The van der Waals surface area contributed by atoms with E-state index in [1.165, 1.54) is 36.1 Å². The molecule has 2 aliphatic rings. The zero-order chi connectivity index (χ0) is 14.1. The van der Waals surface area contributed by atoms with Gasteiger partial charge in [-0.15, -0.1) is 11.8 Å². The van der Waals surface area contributed by atoms with Gasteiger partial charge in [0.05, 0.1) is 6.10 Å². The van der Waals surface area contributed by atoms with Crippen LogP contribution in [0.3, 0.4) is 0 Å². The normalized spacial score (nSPS) is 33.4. The average molecular weight is 290 g/mol. The van der Waals surface area contributed by atoms with Crippen LogP contribution in [0.25, 0.3) is 0 Å². The fourth-order valence-electron chi connectivity index (χ4n) is 3.87. The second kappa shape index (κ2) is 6.11. The molecule has 4 unspecified atom stereocenters. The third-order valence-corrected chi connectivity index (χ3v) is 6.55. The van der Waals surface area contributed by atoms with Gasteiger partial charge in [0.1, 0.15) is 0 Å². The highest BCUT2D eigenvalue weighted by molar-refractivity contribution is 8.00. The van der Waals surface area contributed by atoms with Gasteiger partial charge in [-0.1, -0.05) is 32.0 Å². The summed E-state index contributed by atoms with van der Waals surface area (Å²) in [6.07, 6.45) is 5.77. The fourth-order valence-corrected chi connectivity index (χ4v) is 5.29. The summed E-state index contributed by atoms with van der Waals surface area (Å²) < 4.78 is 0. The highest BCUT2D eigenvalue weighted by Gasteiger charge is 2.33. The predicted molar refractivity (Wildman–Crippen MR) is 86.1 cm³/mol. The minimum absolute atomic E-state index is 0.0608. The Morgan fingerprint density at radius 1 is 1.25 bits per heavy atom. The summed E-state index contributed by atoms with van der Waals surface area (Å²) in [6, 6.07) is 8.79. The molecule has 0 radical (unpaired) electrons. The molecule has 1 aromatic carbocycles. The predicted octanol–water partition coefficient (Wildman–Crippen LogP) is 4.53. The third kappa shape index (κ3) is 3.07. The van der Waals surface area contributed by atoms with Gasteiger partial charge < -0.3 is 5.11 Å². The molecule has 0 spiro atoms. The van der Waals surface area contributed by atoms with Gasteiger partial charge in [-0.05, 0) is 61.5 Å². The molecule has 3 rings (SSSR count). The van der Waals surface area contributed by atoms with Crippen molar-refractivity contribution in [3.8, 4) is 0 Å². The molecule has 1 aliphatic carbocycles. The van der Waals surface area contributed by atoms with E-state index in [1.807, 2.05) is 11.8 Å². The van der Waals surface area contributed by atoms with E-state index >= 15 is 0 Å².